The molecule has 4 nitrogen and oxygen atoms in total. The number of hydrogen-bond donors (Lipinski definition) is 0. The first-order chi connectivity index (χ1) is 11.0. The summed E-state index contributed by atoms with van der Waals surface area (Å²) in [6.07, 6.45) is 1.19. The van der Waals surface area contributed by atoms with Crippen LogP contribution in [-0.4, -0.2) is 36.4 Å². The molecule has 1 fully saturated rings. The third-order valence-electron chi connectivity index (χ3n) is 4.24. The molecule has 1 aliphatic rings. The number of nitrogens with zero attached hydrogens (tertiary/aromatic N) is 2. The number of benzene rings is 1. The second-order valence-electron chi connectivity index (χ2n) is 5.97. The standard InChI is InChI=1S/C17H20ClFN2O2/c1-13-8-14(2-3-15(13)19)10-21(16(22)9-18)12-17(11-20)4-6-23-7-5-17/h2-3,8H,4-7,9-10,12H2,1H3. The van der Waals surface area contributed by atoms with Crippen LogP contribution in [0.25, 0.3) is 0 Å². The zero-order valence-electron chi connectivity index (χ0n) is 13.1. The lowest BCUT2D eigenvalue weighted by molar-refractivity contribution is -0.131. The molecule has 0 bridgehead atoms. The van der Waals surface area contributed by atoms with E-state index >= 15 is 0 Å². The highest BCUT2D eigenvalue weighted by molar-refractivity contribution is 6.27. The molecule has 0 saturated carbocycles. The second kappa shape index (κ2) is 7.76. The minimum Gasteiger partial charge on any atom is -0.381 e. The Kier molecular flexibility index (Phi) is 5.97. The number of nitriles is 1. The molecule has 0 atom stereocenters. The Bertz CT molecular complexity index is 609. The maximum absolute atomic E-state index is 13.4. The summed E-state index contributed by atoms with van der Waals surface area (Å²) in [6.45, 7) is 3.35. The van der Waals surface area contributed by atoms with E-state index in [1.54, 1.807) is 24.0 Å². The molecule has 1 aliphatic heterocycles. The molecular formula is C17H20ClFN2O2. The predicted octanol–water partition coefficient (Wildman–Crippen LogP) is 3.02. The van der Waals surface area contributed by atoms with Crippen LogP contribution in [0.4, 0.5) is 4.39 Å². The minimum atomic E-state index is -0.602. The number of ether oxygens (including phenoxy) is 1. The summed E-state index contributed by atoms with van der Waals surface area (Å²) < 4.78 is 18.7. The molecule has 0 radical (unpaired) electrons. The van der Waals surface area contributed by atoms with Gasteiger partial charge in [0.15, 0.2) is 0 Å². The fourth-order valence-electron chi connectivity index (χ4n) is 2.78. The van der Waals surface area contributed by atoms with Crippen LogP contribution in [0.1, 0.15) is 24.0 Å². The number of aryl methyl sites for hydroxylation is 1. The molecule has 124 valence electrons. The minimum absolute atomic E-state index is 0.141. The number of alkyl halides is 1. The van der Waals surface area contributed by atoms with Gasteiger partial charge in [-0.1, -0.05) is 12.1 Å². The van der Waals surface area contributed by atoms with Crippen molar-refractivity contribution in [1.29, 1.82) is 5.26 Å². The van der Waals surface area contributed by atoms with Gasteiger partial charge in [0.2, 0.25) is 5.91 Å². The summed E-state index contributed by atoms with van der Waals surface area (Å²) in [5.74, 6) is -0.644. The smallest absolute Gasteiger partial charge is 0.237 e. The van der Waals surface area contributed by atoms with Crippen LogP contribution in [0.2, 0.25) is 0 Å². The average molecular weight is 339 g/mol. The van der Waals surface area contributed by atoms with Gasteiger partial charge >= 0.3 is 0 Å². The van der Waals surface area contributed by atoms with Crippen LogP contribution in [0.15, 0.2) is 18.2 Å². The van der Waals surface area contributed by atoms with Gasteiger partial charge in [0.05, 0.1) is 11.5 Å². The van der Waals surface area contributed by atoms with Gasteiger partial charge in [-0.05, 0) is 37.0 Å². The third kappa shape index (κ3) is 4.43. The van der Waals surface area contributed by atoms with Crippen LogP contribution in [0.5, 0.6) is 0 Å². The maximum Gasteiger partial charge on any atom is 0.237 e. The Balaban J connectivity index is 2.18. The highest BCUT2D eigenvalue weighted by Crippen LogP contribution is 2.31. The van der Waals surface area contributed by atoms with E-state index in [-0.39, 0.29) is 17.6 Å². The Morgan fingerprint density at radius 2 is 2.17 bits per heavy atom. The zero-order valence-corrected chi connectivity index (χ0v) is 13.9. The summed E-state index contributed by atoms with van der Waals surface area (Å²) >= 11 is 5.72. The SMILES string of the molecule is Cc1cc(CN(CC2(C#N)CCOCC2)C(=O)CCl)ccc1F. The fraction of sp³-hybridized carbons (Fsp3) is 0.529. The molecular weight excluding hydrogens is 319 g/mol. The molecule has 0 unspecified atom stereocenters. The van der Waals surface area contributed by atoms with E-state index in [9.17, 15) is 14.4 Å². The molecule has 0 spiro atoms. The van der Waals surface area contributed by atoms with Crippen molar-refractivity contribution in [3.05, 3.63) is 35.1 Å². The van der Waals surface area contributed by atoms with Crippen molar-refractivity contribution in [2.24, 2.45) is 5.41 Å². The van der Waals surface area contributed by atoms with E-state index < -0.39 is 5.41 Å². The molecule has 1 saturated heterocycles. The van der Waals surface area contributed by atoms with Gasteiger partial charge < -0.3 is 9.64 Å². The Morgan fingerprint density at radius 3 is 2.74 bits per heavy atom. The van der Waals surface area contributed by atoms with Gasteiger partial charge in [0, 0.05) is 26.3 Å². The zero-order chi connectivity index (χ0) is 16.9. The van der Waals surface area contributed by atoms with Gasteiger partial charge in [-0.25, -0.2) is 4.39 Å². The molecule has 0 aromatic heterocycles. The first-order valence-electron chi connectivity index (χ1n) is 7.57. The Morgan fingerprint density at radius 1 is 1.48 bits per heavy atom. The number of carbonyl (C=O) groups is 1. The van der Waals surface area contributed by atoms with Crippen molar-refractivity contribution in [1.82, 2.24) is 4.90 Å². The summed E-state index contributed by atoms with van der Waals surface area (Å²) in [5.41, 5.74) is 0.749. The number of carbonyl (C=O) groups excluding carboxylic acids is 1. The summed E-state index contributed by atoms with van der Waals surface area (Å²) in [5, 5.41) is 9.57. The van der Waals surface area contributed by atoms with Crippen LogP contribution >= 0.6 is 11.6 Å². The highest BCUT2D eigenvalue weighted by Gasteiger charge is 2.36. The fourth-order valence-corrected chi connectivity index (χ4v) is 2.94. The molecule has 1 amide bonds. The average Bonchev–Trinajstić information content (AvgIpc) is 2.57. The molecule has 0 aliphatic carbocycles. The van der Waals surface area contributed by atoms with E-state index in [1.165, 1.54) is 6.07 Å². The predicted molar refractivity (Wildman–Crippen MR) is 85.4 cm³/mol. The van der Waals surface area contributed by atoms with Crippen molar-refractivity contribution in [3.8, 4) is 6.07 Å². The topological polar surface area (TPSA) is 53.3 Å². The largest absolute Gasteiger partial charge is 0.381 e. The lowest BCUT2D eigenvalue weighted by Gasteiger charge is -2.35. The number of hydrogen-bond acceptors (Lipinski definition) is 3. The quantitative estimate of drug-likeness (QED) is 0.775. The van der Waals surface area contributed by atoms with E-state index in [0.717, 1.165) is 5.56 Å². The van der Waals surface area contributed by atoms with Crippen molar-refractivity contribution < 1.29 is 13.9 Å². The van der Waals surface area contributed by atoms with Gasteiger partial charge in [-0.2, -0.15) is 5.26 Å². The molecule has 6 heteroatoms. The molecule has 1 aromatic rings. The number of halogens is 2. The molecule has 23 heavy (non-hydrogen) atoms. The Labute approximate surface area is 140 Å². The molecule has 1 heterocycles. The van der Waals surface area contributed by atoms with Crippen molar-refractivity contribution in [2.75, 3.05) is 25.6 Å². The summed E-state index contributed by atoms with van der Waals surface area (Å²) in [4.78, 5) is 13.8. The number of amides is 1. The molecule has 0 N–H and O–H groups in total. The van der Waals surface area contributed by atoms with Gasteiger partial charge in [0.1, 0.15) is 11.7 Å². The van der Waals surface area contributed by atoms with E-state index in [4.69, 9.17) is 16.3 Å². The second-order valence-corrected chi connectivity index (χ2v) is 6.24. The van der Waals surface area contributed by atoms with Crippen LogP contribution in [-0.2, 0) is 16.1 Å². The number of rotatable bonds is 5. The third-order valence-corrected chi connectivity index (χ3v) is 4.47. The van der Waals surface area contributed by atoms with Crippen molar-refractivity contribution in [3.63, 3.8) is 0 Å². The van der Waals surface area contributed by atoms with Crippen molar-refractivity contribution in [2.45, 2.75) is 26.3 Å². The van der Waals surface area contributed by atoms with Gasteiger partial charge in [-0.15, -0.1) is 11.6 Å². The monoisotopic (exact) mass is 338 g/mol. The van der Waals surface area contributed by atoms with Crippen LogP contribution in [0, 0.1) is 29.5 Å². The van der Waals surface area contributed by atoms with E-state index in [0.29, 0.717) is 44.7 Å². The lowest BCUT2D eigenvalue weighted by Crippen LogP contribution is -2.43. The van der Waals surface area contributed by atoms with Crippen LogP contribution < -0.4 is 0 Å². The van der Waals surface area contributed by atoms with Gasteiger partial charge in [0.25, 0.3) is 0 Å². The molecule has 1 aromatic carbocycles. The first kappa shape index (κ1) is 17.7. The normalized spacial score (nSPS) is 16.6. The molecule has 2 rings (SSSR count). The van der Waals surface area contributed by atoms with E-state index in [2.05, 4.69) is 6.07 Å². The van der Waals surface area contributed by atoms with E-state index in [1.807, 2.05) is 0 Å². The first-order valence-corrected chi connectivity index (χ1v) is 8.11. The summed E-state index contributed by atoms with van der Waals surface area (Å²) in [7, 11) is 0. The maximum atomic E-state index is 13.4. The highest BCUT2D eigenvalue weighted by atomic mass is 35.5. The van der Waals surface area contributed by atoms with Crippen molar-refractivity contribution >= 4 is 17.5 Å². The van der Waals surface area contributed by atoms with Gasteiger partial charge in [-0.3, -0.25) is 4.79 Å². The van der Waals surface area contributed by atoms with Crippen LogP contribution in [0.3, 0.4) is 0 Å². The lowest BCUT2D eigenvalue weighted by atomic mass is 9.81. The Hall–Kier alpha value is -1.64. The summed E-state index contributed by atoms with van der Waals surface area (Å²) in [6, 6.07) is 7.12.